The van der Waals surface area contributed by atoms with Gasteiger partial charge in [0.25, 0.3) is 0 Å². The van der Waals surface area contributed by atoms with Crippen LogP contribution in [-0.4, -0.2) is 22.4 Å². The Labute approximate surface area is 160 Å². The number of carbonyl (C=O) groups excluding carboxylic acids is 1. The third kappa shape index (κ3) is 5.04. The van der Waals surface area contributed by atoms with E-state index in [0.717, 1.165) is 11.3 Å². The van der Waals surface area contributed by atoms with Gasteiger partial charge in [0.15, 0.2) is 0 Å². The Morgan fingerprint density at radius 2 is 1.78 bits per heavy atom. The van der Waals surface area contributed by atoms with Crippen molar-refractivity contribution in [2.45, 2.75) is 13.0 Å². The number of carbonyl (C=O) groups is 1. The molecule has 2 aromatic carbocycles. The quantitative estimate of drug-likeness (QED) is 0.671. The highest BCUT2D eigenvalue weighted by Gasteiger charge is 2.09. The lowest BCUT2D eigenvalue weighted by Crippen LogP contribution is -2.36. The fourth-order valence-electron chi connectivity index (χ4n) is 2.50. The fraction of sp³-hybridized carbons (Fsp3) is 0.158. The lowest BCUT2D eigenvalue weighted by Gasteiger charge is -2.08. The zero-order chi connectivity index (χ0) is 19.2. The van der Waals surface area contributed by atoms with Crippen LogP contribution < -0.4 is 10.6 Å². The van der Waals surface area contributed by atoms with Crippen molar-refractivity contribution < 1.29 is 13.6 Å². The van der Waals surface area contributed by atoms with Crippen molar-refractivity contribution in [2.75, 3.05) is 6.54 Å². The van der Waals surface area contributed by atoms with Crippen molar-refractivity contribution in [1.29, 1.82) is 0 Å². The summed E-state index contributed by atoms with van der Waals surface area (Å²) >= 11 is 5.86. The molecule has 0 spiro atoms. The Morgan fingerprint density at radius 1 is 1.07 bits per heavy atom. The molecule has 0 saturated heterocycles. The number of amides is 2. The summed E-state index contributed by atoms with van der Waals surface area (Å²) < 4.78 is 28.7. The van der Waals surface area contributed by atoms with E-state index in [9.17, 15) is 13.6 Å². The first-order valence-corrected chi connectivity index (χ1v) is 8.65. The van der Waals surface area contributed by atoms with Gasteiger partial charge < -0.3 is 10.6 Å². The van der Waals surface area contributed by atoms with Gasteiger partial charge in [0.1, 0.15) is 11.6 Å². The normalized spacial score (nSPS) is 10.6. The molecular formula is C19H17ClF2N4O. The van der Waals surface area contributed by atoms with Crippen molar-refractivity contribution in [3.05, 3.63) is 82.6 Å². The Kier molecular flexibility index (Phi) is 6.03. The fourth-order valence-corrected chi connectivity index (χ4v) is 2.63. The van der Waals surface area contributed by atoms with Gasteiger partial charge in [-0.1, -0.05) is 17.7 Å². The Balaban J connectivity index is 1.46. The number of aromatic nitrogens is 2. The van der Waals surface area contributed by atoms with Crippen molar-refractivity contribution in [3.63, 3.8) is 0 Å². The third-order valence-electron chi connectivity index (χ3n) is 3.90. The molecule has 5 nitrogen and oxygen atoms in total. The molecule has 0 fully saturated rings. The van der Waals surface area contributed by atoms with Crippen LogP contribution in [0.4, 0.5) is 13.6 Å². The maximum Gasteiger partial charge on any atom is 0.315 e. The monoisotopic (exact) mass is 390 g/mol. The summed E-state index contributed by atoms with van der Waals surface area (Å²) in [5.74, 6) is -1.24. The van der Waals surface area contributed by atoms with Gasteiger partial charge in [-0.25, -0.2) is 18.3 Å². The van der Waals surface area contributed by atoms with E-state index in [1.54, 1.807) is 29.2 Å². The van der Waals surface area contributed by atoms with E-state index in [1.165, 1.54) is 18.2 Å². The number of urea groups is 1. The Morgan fingerprint density at radius 3 is 2.48 bits per heavy atom. The van der Waals surface area contributed by atoms with Gasteiger partial charge in [0.05, 0.1) is 11.9 Å². The molecule has 1 aromatic heterocycles. The molecule has 0 bridgehead atoms. The summed E-state index contributed by atoms with van der Waals surface area (Å²) in [5, 5.41) is 10.1. The van der Waals surface area contributed by atoms with Crippen molar-refractivity contribution in [2.24, 2.45) is 0 Å². The zero-order valence-corrected chi connectivity index (χ0v) is 15.0. The lowest BCUT2D eigenvalue weighted by atomic mass is 10.1. The molecule has 2 N–H and O–H groups in total. The number of nitrogens with one attached hydrogen (secondary N) is 2. The predicted octanol–water partition coefficient (Wildman–Crippen LogP) is 3.85. The first kappa shape index (κ1) is 18.8. The molecule has 0 aliphatic carbocycles. The number of halogens is 3. The van der Waals surface area contributed by atoms with E-state index in [0.29, 0.717) is 5.02 Å². The van der Waals surface area contributed by atoms with Gasteiger partial charge in [0.2, 0.25) is 0 Å². The first-order valence-electron chi connectivity index (χ1n) is 8.27. The molecule has 0 aliphatic rings. The van der Waals surface area contributed by atoms with E-state index >= 15 is 0 Å². The smallest absolute Gasteiger partial charge is 0.315 e. The third-order valence-corrected chi connectivity index (χ3v) is 4.15. The maximum absolute atomic E-state index is 13.5. The standard InChI is InChI=1S/C19H17ClF2N4O/c20-14-4-6-15(7-5-14)26-12-13(11-25-26)10-24-19(27)23-9-8-16-17(21)2-1-3-18(16)22/h1-7,11-12H,8-10H2,(H2,23,24,27). The van der Waals surface area contributed by atoms with Gasteiger partial charge in [-0.3, -0.25) is 0 Å². The predicted molar refractivity (Wildman–Crippen MR) is 98.9 cm³/mol. The molecule has 3 rings (SSSR count). The minimum absolute atomic E-state index is 0.0398. The Bertz CT molecular complexity index is 907. The van der Waals surface area contributed by atoms with Crippen molar-refractivity contribution >= 4 is 17.6 Å². The summed E-state index contributed by atoms with van der Waals surface area (Å²) in [6, 6.07) is 10.5. The van der Waals surface area contributed by atoms with Crippen LogP contribution in [0.5, 0.6) is 0 Å². The van der Waals surface area contributed by atoms with Crippen molar-refractivity contribution in [1.82, 2.24) is 20.4 Å². The van der Waals surface area contributed by atoms with E-state index in [4.69, 9.17) is 11.6 Å². The average molecular weight is 391 g/mol. The zero-order valence-electron chi connectivity index (χ0n) is 14.3. The van der Waals surface area contributed by atoms with Gasteiger partial charge in [-0.15, -0.1) is 0 Å². The van der Waals surface area contributed by atoms with E-state index in [1.807, 2.05) is 12.1 Å². The van der Waals surface area contributed by atoms with Crippen LogP contribution in [0.1, 0.15) is 11.1 Å². The SMILES string of the molecule is O=C(NCCc1c(F)cccc1F)NCc1cnn(-c2ccc(Cl)cc2)c1. The summed E-state index contributed by atoms with van der Waals surface area (Å²) in [6.45, 7) is 0.390. The van der Waals surface area contributed by atoms with Crippen LogP contribution in [0.25, 0.3) is 5.69 Å². The largest absolute Gasteiger partial charge is 0.338 e. The summed E-state index contributed by atoms with van der Waals surface area (Å²) in [6.07, 6.45) is 3.50. The number of hydrogen-bond donors (Lipinski definition) is 2. The second kappa shape index (κ2) is 8.64. The van der Waals surface area contributed by atoms with Gasteiger partial charge in [0, 0.05) is 35.4 Å². The van der Waals surface area contributed by atoms with Crippen LogP contribution in [0.2, 0.25) is 5.02 Å². The molecule has 0 saturated carbocycles. The molecule has 0 atom stereocenters. The van der Waals surface area contributed by atoms with Crippen LogP contribution in [0.3, 0.4) is 0 Å². The molecule has 0 unspecified atom stereocenters. The highest BCUT2D eigenvalue weighted by Crippen LogP contribution is 2.14. The van der Waals surface area contributed by atoms with Crippen molar-refractivity contribution in [3.8, 4) is 5.69 Å². The molecule has 8 heteroatoms. The number of benzene rings is 2. The van der Waals surface area contributed by atoms with Crippen LogP contribution >= 0.6 is 11.6 Å². The van der Waals surface area contributed by atoms with Crippen LogP contribution in [-0.2, 0) is 13.0 Å². The average Bonchev–Trinajstić information content (AvgIpc) is 3.12. The molecule has 3 aromatic rings. The molecule has 27 heavy (non-hydrogen) atoms. The molecule has 2 amide bonds. The molecule has 1 heterocycles. The van der Waals surface area contributed by atoms with Gasteiger partial charge in [-0.2, -0.15) is 5.10 Å². The van der Waals surface area contributed by atoms with E-state index in [2.05, 4.69) is 15.7 Å². The maximum atomic E-state index is 13.5. The molecule has 140 valence electrons. The summed E-state index contributed by atoms with van der Waals surface area (Å²) in [5.41, 5.74) is 1.62. The van der Waals surface area contributed by atoms with E-state index < -0.39 is 17.7 Å². The second-order valence-corrected chi connectivity index (χ2v) is 6.27. The number of nitrogens with zero attached hydrogens (tertiary/aromatic N) is 2. The summed E-state index contributed by atoms with van der Waals surface area (Å²) in [4.78, 5) is 11.8. The number of hydrogen-bond acceptors (Lipinski definition) is 2. The first-order chi connectivity index (χ1) is 13.0. The van der Waals surface area contributed by atoms with E-state index in [-0.39, 0.29) is 25.1 Å². The van der Waals surface area contributed by atoms with Crippen LogP contribution in [0.15, 0.2) is 54.9 Å². The lowest BCUT2D eigenvalue weighted by molar-refractivity contribution is 0.240. The number of rotatable bonds is 6. The second-order valence-electron chi connectivity index (χ2n) is 5.83. The highest BCUT2D eigenvalue weighted by atomic mass is 35.5. The molecule has 0 aliphatic heterocycles. The minimum Gasteiger partial charge on any atom is -0.338 e. The minimum atomic E-state index is -0.619. The topological polar surface area (TPSA) is 59.0 Å². The molecule has 0 radical (unpaired) electrons. The molecular weight excluding hydrogens is 374 g/mol. The highest BCUT2D eigenvalue weighted by molar-refractivity contribution is 6.30. The summed E-state index contributed by atoms with van der Waals surface area (Å²) in [7, 11) is 0. The Hall–Kier alpha value is -2.93. The van der Waals surface area contributed by atoms with Crippen LogP contribution in [0, 0.1) is 11.6 Å². The van der Waals surface area contributed by atoms with Gasteiger partial charge in [-0.05, 0) is 42.8 Å². The van der Waals surface area contributed by atoms with Gasteiger partial charge >= 0.3 is 6.03 Å².